The molecule has 1 aromatic carbocycles. The Balaban J connectivity index is 1.83. The molecular formula is C22H35N5O2. The molecule has 0 unspecified atom stereocenters. The maximum absolute atomic E-state index is 12.1. The van der Waals surface area contributed by atoms with Gasteiger partial charge in [0.05, 0.1) is 6.54 Å². The van der Waals surface area contributed by atoms with Crippen LogP contribution in [-0.2, 0) is 11.3 Å². The molecule has 1 aliphatic heterocycles. The maximum atomic E-state index is 12.1. The second-order valence-electron chi connectivity index (χ2n) is 7.23. The van der Waals surface area contributed by atoms with Gasteiger partial charge in [-0.15, -0.1) is 0 Å². The monoisotopic (exact) mass is 401 g/mol. The normalized spacial score (nSPS) is 15.0. The highest BCUT2D eigenvalue weighted by molar-refractivity contribution is 5.94. The summed E-state index contributed by atoms with van der Waals surface area (Å²) in [5.41, 5.74) is 1.64. The highest BCUT2D eigenvalue weighted by Crippen LogP contribution is 2.11. The summed E-state index contributed by atoms with van der Waals surface area (Å²) in [5.74, 6) is 0.972. The third-order valence-corrected chi connectivity index (χ3v) is 4.86. The minimum atomic E-state index is -0.0635. The third kappa shape index (κ3) is 8.13. The van der Waals surface area contributed by atoms with Gasteiger partial charge in [-0.05, 0) is 50.8 Å². The van der Waals surface area contributed by atoms with Gasteiger partial charge in [-0.3, -0.25) is 9.59 Å². The average Bonchev–Trinajstić information content (AvgIpc) is 2.93. The van der Waals surface area contributed by atoms with Crippen molar-refractivity contribution in [2.45, 2.75) is 52.5 Å². The van der Waals surface area contributed by atoms with Crippen molar-refractivity contribution in [2.24, 2.45) is 4.99 Å². The largest absolute Gasteiger partial charge is 0.357 e. The third-order valence-electron chi connectivity index (χ3n) is 4.86. The van der Waals surface area contributed by atoms with Crippen LogP contribution in [0.15, 0.2) is 29.3 Å². The van der Waals surface area contributed by atoms with Gasteiger partial charge >= 0.3 is 0 Å². The number of guanidine groups is 1. The lowest BCUT2D eigenvalue weighted by Crippen LogP contribution is -2.39. The summed E-state index contributed by atoms with van der Waals surface area (Å²) >= 11 is 0. The molecule has 0 aromatic heterocycles. The highest BCUT2D eigenvalue weighted by atomic mass is 16.2. The molecule has 0 saturated carbocycles. The molecule has 0 atom stereocenters. The maximum Gasteiger partial charge on any atom is 0.251 e. The number of benzene rings is 1. The number of aliphatic imine (C=N–C) groups is 1. The van der Waals surface area contributed by atoms with Gasteiger partial charge in [0.25, 0.3) is 5.91 Å². The number of carbonyl (C=O) groups is 2. The minimum Gasteiger partial charge on any atom is -0.357 e. The fourth-order valence-corrected chi connectivity index (χ4v) is 3.34. The number of nitrogens with one attached hydrogen (secondary N) is 3. The van der Waals surface area contributed by atoms with E-state index >= 15 is 0 Å². The Kier molecular flexibility index (Phi) is 10.0. The van der Waals surface area contributed by atoms with Crippen LogP contribution in [0.5, 0.6) is 0 Å². The Hall–Kier alpha value is -2.57. The van der Waals surface area contributed by atoms with E-state index < -0.39 is 0 Å². The van der Waals surface area contributed by atoms with Gasteiger partial charge in [0.15, 0.2) is 5.96 Å². The molecule has 2 amide bonds. The molecule has 1 aromatic rings. The van der Waals surface area contributed by atoms with Crippen LogP contribution in [-0.4, -0.2) is 55.4 Å². The Morgan fingerprint density at radius 1 is 1.10 bits per heavy atom. The molecule has 7 heteroatoms. The Labute approximate surface area is 174 Å². The Morgan fingerprint density at radius 3 is 2.72 bits per heavy atom. The number of hydrogen-bond acceptors (Lipinski definition) is 3. The van der Waals surface area contributed by atoms with Crippen molar-refractivity contribution in [1.29, 1.82) is 0 Å². The van der Waals surface area contributed by atoms with Gasteiger partial charge in [-0.25, -0.2) is 4.99 Å². The van der Waals surface area contributed by atoms with E-state index in [4.69, 9.17) is 0 Å². The molecule has 3 N–H and O–H groups in total. The zero-order valence-electron chi connectivity index (χ0n) is 17.8. The van der Waals surface area contributed by atoms with Crippen molar-refractivity contribution in [3.8, 4) is 0 Å². The molecule has 0 spiro atoms. The molecule has 0 radical (unpaired) electrons. The fraction of sp³-hybridized carbons (Fsp3) is 0.591. The quantitative estimate of drug-likeness (QED) is 0.337. The van der Waals surface area contributed by atoms with Crippen LogP contribution in [0.3, 0.4) is 0 Å². The lowest BCUT2D eigenvalue weighted by atomic mass is 10.1. The first-order chi connectivity index (χ1) is 14.1. The second kappa shape index (κ2) is 12.8. The number of amides is 2. The van der Waals surface area contributed by atoms with Crippen LogP contribution in [0.1, 0.15) is 61.9 Å². The molecule has 2 rings (SSSR count). The summed E-state index contributed by atoms with van der Waals surface area (Å²) in [5, 5.41) is 9.40. The number of likely N-dealkylation sites (tertiary alicyclic amines) is 1. The highest BCUT2D eigenvalue weighted by Gasteiger charge is 2.15. The molecule has 29 heavy (non-hydrogen) atoms. The van der Waals surface area contributed by atoms with Gasteiger partial charge in [-0.1, -0.05) is 18.6 Å². The van der Waals surface area contributed by atoms with Gasteiger partial charge < -0.3 is 20.9 Å². The lowest BCUT2D eigenvalue weighted by Gasteiger charge is -2.20. The number of nitrogens with zero attached hydrogens (tertiary/aromatic N) is 2. The van der Waals surface area contributed by atoms with E-state index in [-0.39, 0.29) is 11.8 Å². The first-order valence-corrected chi connectivity index (χ1v) is 10.8. The summed E-state index contributed by atoms with van der Waals surface area (Å²) in [6.07, 6.45) is 4.86. The SMILES string of the molecule is CCNC(=O)c1cccc(CN=C(NCC)NCCCN2CCCCCC2=O)c1. The van der Waals surface area contributed by atoms with E-state index in [1.807, 2.05) is 43.0 Å². The molecule has 1 aliphatic rings. The van der Waals surface area contributed by atoms with Crippen molar-refractivity contribution in [3.05, 3.63) is 35.4 Å². The number of carbonyl (C=O) groups excluding carboxylic acids is 2. The van der Waals surface area contributed by atoms with Crippen LogP contribution in [0, 0.1) is 0 Å². The fourth-order valence-electron chi connectivity index (χ4n) is 3.34. The van der Waals surface area contributed by atoms with E-state index in [1.165, 1.54) is 0 Å². The van der Waals surface area contributed by atoms with Crippen LogP contribution in [0.25, 0.3) is 0 Å². The van der Waals surface area contributed by atoms with Crippen molar-refractivity contribution in [2.75, 3.05) is 32.7 Å². The summed E-state index contributed by atoms with van der Waals surface area (Å²) in [7, 11) is 0. The van der Waals surface area contributed by atoms with E-state index in [1.54, 1.807) is 0 Å². The number of hydrogen-bond donors (Lipinski definition) is 3. The van der Waals surface area contributed by atoms with E-state index in [2.05, 4.69) is 20.9 Å². The van der Waals surface area contributed by atoms with E-state index in [0.29, 0.717) is 25.1 Å². The average molecular weight is 402 g/mol. The van der Waals surface area contributed by atoms with E-state index in [9.17, 15) is 9.59 Å². The summed E-state index contributed by atoms with van der Waals surface area (Å²) in [6, 6.07) is 7.55. The van der Waals surface area contributed by atoms with Crippen LogP contribution >= 0.6 is 0 Å². The molecule has 7 nitrogen and oxygen atoms in total. The molecule has 1 fully saturated rings. The predicted molar refractivity (Wildman–Crippen MR) is 117 cm³/mol. The van der Waals surface area contributed by atoms with Crippen molar-refractivity contribution in [1.82, 2.24) is 20.9 Å². The number of rotatable bonds is 9. The van der Waals surface area contributed by atoms with Gasteiger partial charge in [0.1, 0.15) is 0 Å². The zero-order chi connectivity index (χ0) is 20.9. The minimum absolute atomic E-state index is 0.0635. The predicted octanol–water partition coefficient (Wildman–Crippen LogP) is 2.28. The molecule has 0 bridgehead atoms. The molecular weight excluding hydrogens is 366 g/mol. The van der Waals surface area contributed by atoms with E-state index in [0.717, 1.165) is 63.4 Å². The molecule has 160 valence electrons. The Bertz CT molecular complexity index is 690. The van der Waals surface area contributed by atoms with Crippen molar-refractivity contribution in [3.63, 3.8) is 0 Å². The Morgan fingerprint density at radius 2 is 1.93 bits per heavy atom. The van der Waals surface area contributed by atoms with Crippen LogP contribution < -0.4 is 16.0 Å². The van der Waals surface area contributed by atoms with Gasteiger partial charge in [-0.2, -0.15) is 0 Å². The summed E-state index contributed by atoms with van der Waals surface area (Å²) < 4.78 is 0. The summed E-state index contributed by atoms with van der Waals surface area (Å²) in [6.45, 7) is 8.25. The van der Waals surface area contributed by atoms with Crippen LogP contribution in [0.4, 0.5) is 0 Å². The smallest absolute Gasteiger partial charge is 0.251 e. The molecule has 0 aliphatic carbocycles. The zero-order valence-corrected chi connectivity index (χ0v) is 17.8. The molecule has 1 saturated heterocycles. The summed E-state index contributed by atoms with van der Waals surface area (Å²) in [4.78, 5) is 30.7. The topological polar surface area (TPSA) is 85.8 Å². The second-order valence-corrected chi connectivity index (χ2v) is 7.23. The van der Waals surface area contributed by atoms with Crippen molar-refractivity contribution >= 4 is 17.8 Å². The van der Waals surface area contributed by atoms with Gasteiger partial charge in [0.2, 0.25) is 5.91 Å². The molecule has 1 heterocycles. The lowest BCUT2D eigenvalue weighted by molar-refractivity contribution is -0.130. The standard InChI is InChI=1S/C22H35N5O2/c1-3-23-21(29)19-11-8-10-18(16-19)17-26-22(24-4-2)25-13-9-15-27-14-7-5-6-12-20(27)28/h8,10-11,16H,3-7,9,12-15,17H2,1-2H3,(H,23,29)(H2,24,25,26). The first kappa shape index (κ1) is 22.7. The van der Waals surface area contributed by atoms with Gasteiger partial charge in [0, 0.05) is 44.7 Å². The first-order valence-electron chi connectivity index (χ1n) is 10.8. The van der Waals surface area contributed by atoms with Crippen molar-refractivity contribution < 1.29 is 9.59 Å². The van der Waals surface area contributed by atoms with Crippen LogP contribution in [0.2, 0.25) is 0 Å².